The molecule has 0 saturated carbocycles. The molecule has 3 amide bonds. The fourth-order valence-corrected chi connectivity index (χ4v) is 6.27. The average Bonchev–Trinajstić information content (AvgIpc) is 3.05. The highest BCUT2D eigenvalue weighted by atomic mass is 16.6. The van der Waals surface area contributed by atoms with Gasteiger partial charge in [0.15, 0.2) is 0 Å². The molecule has 3 heterocycles. The van der Waals surface area contributed by atoms with Gasteiger partial charge in [0.1, 0.15) is 11.3 Å². The molecule has 0 spiro atoms. The second-order valence-electron chi connectivity index (χ2n) is 13.1. The first-order chi connectivity index (χ1) is 22.5. The topological polar surface area (TPSA) is 131 Å². The third kappa shape index (κ3) is 7.83. The van der Waals surface area contributed by atoms with Gasteiger partial charge in [0, 0.05) is 61.1 Å². The standard InChI is InChI=1S/C36H43N7O4/c1-6-33(44)43-19-18-42(22-26(43)14-16-37)32-20-29(34(45)39-24(2)21-38-35(46)47-36(3,4)5)40-30-23-41(17-15-28(30)32)31-13-9-11-25-10-7-8-12-27(25)31/h6-13,20,24,26H,1,14-15,17-19,21-23H2,2-5H3,(H,38,46)(H,39,45)/t24-,26+/m1/s1. The Morgan fingerprint density at radius 3 is 2.62 bits per heavy atom. The van der Waals surface area contributed by atoms with Crippen molar-refractivity contribution in [1.82, 2.24) is 20.5 Å². The van der Waals surface area contributed by atoms with Gasteiger partial charge in [0.2, 0.25) is 5.91 Å². The minimum Gasteiger partial charge on any atom is -0.444 e. The summed E-state index contributed by atoms with van der Waals surface area (Å²) in [5, 5.41) is 17.5. The molecule has 2 atom stereocenters. The quantitative estimate of drug-likeness (QED) is 0.344. The molecule has 1 fully saturated rings. The van der Waals surface area contributed by atoms with Gasteiger partial charge in [-0.05, 0) is 57.7 Å². The van der Waals surface area contributed by atoms with E-state index in [2.05, 4.69) is 63.4 Å². The lowest BCUT2D eigenvalue weighted by atomic mass is 9.98. The zero-order chi connectivity index (χ0) is 33.7. The van der Waals surface area contributed by atoms with Crippen LogP contribution in [-0.4, -0.2) is 78.2 Å². The van der Waals surface area contributed by atoms with E-state index in [1.807, 2.05) is 18.2 Å². The lowest BCUT2D eigenvalue weighted by molar-refractivity contribution is -0.128. The first-order valence-corrected chi connectivity index (χ1v) is 16.1. The molecule has 3 aromatic rings. The number of fused-ring (bicyclic) bond motifs is 2. The van der Waals surface area contributed by atoms with E-state index in [0.29, 0.717) is 32.6 Å². The van der Waals surface area contributed by atoms with Crippen molar-refractivity contribution in [2.75, 3.05) is 42.5 Å². The molecular weight excluding hydrogens is 594 g/mol. The molecule has 0 bridgehead atoms. The number of nitriles is 1. The van der Waals surface area contributed by atoms with Gasteiger partial charge in [0.05, 0.1) is 30.8 Å². The number of aromatic nitrogens is 1. The summed E-state index contributed by atoms with van der Waals surface area (Å²) < 4.78 is 5.32. The summed E-state index contributed by atoms with van der Waals surface area (Å²) in [6.07, 6.45) is 1.64. The molecule has 0 unspecified atom stereocenters. The van der Waals surface area contributed by atoms with Crippen LogP contribution in [0.2, 0.25) is 0 Å². The van der Waals surface area contributed by atoms with Crippen LogP contribution in [0.3, 0.4) is 0 Å². The fourth-order valence-electron chi connectivity index (χ4n) is 6.27. The molecule has 11 nitrogen and oxygen atoms in total. The fraction of sp³-hybridized carbons (Fsp3) is 0.417. The highest BCUT2D eigenvalue weighted by Gasteiger charge is 2.33. The Balaban J connectivity index is 1.44. The van der Waals surface area contributed by atoms with Crippen LogP contribution in [-0.2, 0) is 22.5 Å². The van der Waals surface area contributed by atoms with Crippen molar-refractivity contribution in [1.29, 1.82) is 5.26 Å². The van der Waals surface area contributed by atoms with Gasteiger partial charge in [-0.15, -0.1) is 0 Å². The van der Waals surface area contributed by atoms with Crippen molar-refractivity contribution in [2.24, 2.45) is 0 Å². The van der Waals surface area contributed by atoms with Crippen molar-refractivity contribution < 1.29 is 19.1 Å². The predicted octanol–water partition coefficient (Wildman–Crippen LogP) is 4.56. The highest BCUT2D eigenvalue weighted by Crippen LogP contribution is 2.35. The van der Waals surface area contributed by atoms with Crippen LogP contribution < -0.4 is 20.4 Å². The minimum atomic E-state index is -0.628. The molecule has 11 heteroatoms. The van der Waals surface area contributed by atoms with E-state index in [4.69, 9.17) is 9.72 Å². The van der Waals surface area contributed by atoms with E-state index < -0.39 is 17.7 Å². The van der Waals surface area contributed by atoms with Gasteiger partial charge in [-0.1, -0.05) is 43.0 Å². The van der Waals surface area contributed by atoms with Gasteiger partial charge in [-0.3, -0.25) is 9.59 Å². The minimum absolute atomic E-state index is 0.183. The van der Waals surface area contributed by atoms with Crippen LogP contribution in [0.4, 0.5) is 16.2 Å². The summed E-state index contributed by atoms with van der Waals surface area (Å²) in [6, 6.07) is 17.9. The van der Waals surface area contributed by atoms with Crippen LogP contribution >= 0.6 is 0 Å². The Kier molecular flexibility index (Phi) is 9.99. The molecule has 0 radical (unpaired) electrons. The summed E-state index contributed by atoms with van der Waals surface area (Å²) in [6.45, 7) is 13.7. The van der Waals surface area contributed by atoms with Crippen LogP contribution in [0.25, 0.3) is 10.8 Å². The Bertz CT molecular complexity index is 1700. The van der Waals surface area contributed by atoms with Crippen molar-refractivity contribution in [3.8, 4) is 6.07 Å². The van der Waals surface area contributed by atoms with E-state index in [0.717, 1.165) is 39.9 Å². The number of carbonyl (C=O) groups excluding carboxylic acids is 3. The summed E-state index contributed by atoms with van der Waals surface area (Å²) in [7, 11) is 0. The smallest absolute Gasteiger partial charge is 0.407 e. The summed E-state index contributed by atoms with van der Waals surface area (Å²) >= 11 is 0. The number of nitrogens with zero attached hydrogens (tertiary/aromatic N) is 5. The van der Waals surface area contributed by atoms with Gasteiger partial charge in [-0.2, -0.15) is 5.26 Å². The number of carbonyl (C=O) groups is 3. The molecule has 47 heavy (non-hydrogen) atoms. The Morgan fingerprint density at radius 2 is 1.87 bits per heavy atom. The first-order valence-electron chi connectivity index (χ1n) is 16.1. The molecule has 1 saturated heterocycles. The van der Waals surface area contributed by atoms with E-state index in [-0.39, 0.29) is 36.5 Å². The predicted molar refractivity (Wildman–Crippen MR) is 182 cm³/mol. The lowest BCUT2D eigenvalue weighted by Crippen LogP contribution is -2.55. The maximum atomic E-state index is 13.7. The largest absolute Gasteiger partial charge is 0.444 e. The zero-order valence-electron chi connectivity index (χ0n) is 27.6. The summed E-state index contributed by atoms with van der Waals surface area (Å²) in [4.78, 5) is 49.5. The Labute approximate surface area is 276 Å². The number of piperazine rings is 1. The lowest BCUT2D eigenvalue weighted by Gasteiger charge is -2.43. The molecule has 5 rings (SSSR count). The third-order valence-corrected chi connectivity index (χ3v) is 8.44. The normalized spacial score (nSPS) is 16.9. The summed E-state index contributed by atoms with van der Waals surface area (Å²) in [5.74, 6) is -0.551. The molecular formula is C36H43N7O4. The molecule has 1 aromatic heterocycles. The Morgan fingerprint density at radius 1 is 1.11 bits per heavy atom. The number of nitrogens with one attached hydrogen (secondary N) is 2. The molecule has 2 aromatic carbocycles. The van der Waals surface area contributed by atoms with Crippen LogP contribution in [0.15, 0.2) is 61.2 Å². The van der Waals surface area contributed by atoms with Crippen LogP contribution in [0, 0.1) is 11.3 Å². The molecule has 2 aliphatic rings. The second-order valence-corrected chi connectivity index (χ2v) is 13.1. The molecule has 0 aliphatic carbocycles. The van der Waals surface area contributed by atoms with Crippen molar-refractivity contribution in [3.05, 3.63) is 78.1 Å². The average molecular weight is 638 g/mol. The van der Waals surface area contributed by atoms with E-state index >= 15 is 0 Å². The van der Waals surface area contributed by atoms with Gasteiger partial charge < -0.3 is 30.1 Å². The maximum absolute atomic E-state index is 13.7. The SMILES string of the molecule is C=CC(=O)N1CCN(c2cc(C(=O)N[C@H](C)CNC(=O)OC(C)(C)C)nc3c2CCN(c2cccc4ccccc24)C3)C[C@@H]1CC#N. The number of hydrogen-bond donors (Lipinski definition) is 2. The van der Waals surface area contributed by atoms with Crippen LogP contribution in [0.5, 0.6) is 0 Å². The molecule has 2 aliphatic heterocycles. The van der Waals surface area contributed by atoms with E-state index in [1.54, 1.807) is 32.6 Å². The van der Waals surface area contributed by atoms with Crippen molar-refractivity contribution in [3.63, 3.8) is 0 Å². The maximum Gasteiger partial charge on any atom is 0.407 e. The van der Waals surface area contributed by atoms with Crippen LogP contribution in [0.1, 0.15) is 55.9 Å². The number of alkyl carbamates (subject to hydrolysis) is 1. The number of rotatable bonds is 8. The van der Waals surface area contributed by atoms with Gasteiger partial charge in [0.25, 0.3) is 5.91 Å². The van der Waals surface area contributed by atoms with Crippen molar-refractivity contribution >= 4 is 40.1 Å². The number of pyridine rings is 1. The first kappa shape index (κ1) is 33.3. The zero-order valence-corrected chi connectivity index (χ0v) is 27.6. The monoisotopic (exact) mass is 637 g/mol. The Hall–Kier alpha value is -5.11. The molecule has 246 valence electrons. The van der Waals surface area contributed by atoms with E-state index in [1.165, 1.54) is 6.08 Å². The third-order valence-electron chi connectivity index (χ3n) is 8.44. The van der Waals surface area contributed by atoms with Gasteiger partial charge >= 0.3 is 6.09 Å². The van der Waals surface area contributed by atoms with E-state index in [9.17, 15) is 19.6 Å². The molecule has 2 N–H and O–H groups in total. The second kappa shape index (κ2) is 14.1. The highest BCUT2D eigenvalue weighted by molar-refractivity contribution is 5.95. The van der Waals surface area contributed by atoms with Crippen molar-refractivity contribution in [2.45, 2.75) is 64.8 Å². The number of amides is 3. The summed E-state index contributed by atoms with van der Waals surface area (Å²) in [5.41, 5.74) is 3.52. The number of hydrogen-bond acceptors (Lipinski definition) is 8. The number of anilines is 2. The van der Waals surface area contributed by atoms with Gasteiger partial charge in [-0.25, -0.2) is 9.78 Å². The number of benzene rings is 2. The number of ether oxygens (including phenoxy) is 1.